The second kappa shape index (κ2) is 7.92. The first kappa shape index (κ1) is 17.9. The van der Waals surface area contributed by atoms with Crippen LogP contribution in [-0.4, -0.2) is 52.5 Å². The Morgan fingerprint density at radius 2 is 2.00 bits per heavy atom. The van der Waals surface area contributed by atoms with Crippen LogP contribution in [0.1, 0.15) is 25.3 Å². The first-order chi connectivity index (χ1) is 11.4. The highest BCUT2D eigenvalue weighted by atomic mass is 16.4. The molecule has 0 saturated carbocycles. The fourth-order valence-electron chi connectivity index (χ4n) is 2.88. The molecule has 1 aromatic rings. The molecule has 1 fully saturated rings. The number of nitrogens with one attached hydrogen (secondary N) is 1. The Morgan fingerprint density at radius 1 is 1.33 bits per heavy atom. The van der Waals surface area contributed by atoms with E-state index in [9.17, 15) is 19.5 Å². The van der Waals surface area contributed by atoms with Crippen molar-refractivity contribution in [1.82, 2.24) is 10.2 Å². The average Bonchev–Trinajstić information content (AvgIpc) is 3.03. The third-order valence-corrected chi connectivity index (χ3v) is 4.13. The third kappa shape index (κ3) is 4.32. The average molecular weight is 333 g/mol. The zero-order valence-electron chi connectivity index (χ0n) is 13.6. The zero-order chi connectivity index (χ0) is 17.7. The van der Waals surface area contributed by atoms with Crippen LogP contribution in [0, 0.1) is 0 Å². The molecule has 7 nitrogen and oxygen atoms in total. The number of nitrogens with zero attached hydrogens (tertiary/aromatic N) is 1. The molecule has 4 N–H and O–H groups in total. The second-order valence-electron chi connectivity index (χ2n) is 6.07. The van der Waals surface area contributed by atoms with Crippen LogP contribution in [-0.2, 0) is 20.8 Å². The van der Waals surface area contributed by atoms with Crippen LogP contribution < -0.4 is 11.1 Å². The summed E-state index contributed by atoms with van der Waals surface area (Å²) in [5.41, 5.74) is 6.43. The molecule has 0 aliphatic carbocycles. The van der Waals surface area contributed by atoms with Crippen LogP contribution in [0.5, 0.6) is 0 Å². The summed E-state index contributed by atoms with van der Waals surface area (Å²) in [4.78, 5) is 37.5. The van der Waals surface area contributed by atoms with Crippen molar-refractivity contribution in [3.05, 3.63) is 35.9 Å². The van der Waals surface area contributed by atoms with Gasteiger partial charge >= 0.3 is 5.97 Å². The third-order valence-electron chi connectivity index (χ3n) is 4.13. The minimum atomic E-state index is -1.10. The molecule has 1 heterocycles. The molecular weight excluding hydrogens is 310 g/mol. The lowest BCUT2D eigenvalue weighted by atomic mass is 10.1. The number of aliphatic carboxylic acids is 1. The Morgan fingerprint density at radius 3 is 2.58 bits per heavy atom. The quantitative estimate of drug-likeness (QED) is 0.685. The summed E-state index contributed by atoms with van der Waals surface area (Å²) in [6.07, 6.45) is 1.41. The number of carboxylic acids is 1. The van der Waals surface area contributed by atoms with E-state index in [0.29, 0.717) is 19.4 Å². The van der Waals surface area contributed by atoms with Crippen LogP contribution in [0.2, 0.25) is 0 Å². The summed E-state index contributed by atoms with van der Waals surface area (Å²) in [5.74, 6) is -1.83. The van der Waals surface area contributed by atoms with Gasteiger partial charge in [-0.1, -0.05) is 30.3 Å². The van der Waals surface area contributed by atoms with Crippen molar-refractivity contribution in [2.24, 2.45) is 5.73 Å². The van der Waals surface area contributed by atoms with Crippen LogP contribution in [0.3, 0.4) is 0 Å². The highest BCUT2D eigenvalue weighted by Gasteiger charge is 2.36. The lowest BCUT2D eigenvalue weighted by Crippen LogP contribution is -2.53. The lowest BCUT2D eigenvalue weighted by molar-refractivity contribution is -0.144. The predicted molar refractivity (Wildman–Crippen MR) is 88.1 cm³/mol. The number of amides is 2. The Labute approximate surface area is 140 Å². The van der Waals surface area contributed by atoms with Crippen LogP contribution in [0.25, 0.3) is 0 Å². The molecule has 0 aromatic heterocycles. The van der Waals surface area contributed by atoms with Gasteiger partial charge in [-0.2, -0.15) is 0 Å². The standard InChI is InChI=1S/C17H23N3O4/c1-11(18)16(22)20-9-5-8-14(20)15(21)19-13(17(23)24)10-12-6-3-2-4-7-12/h2-4,6-7,11,13-14H,5,8-10,18H2,1H3,(H,19,21)(H,23,24). The van der Waals surface area contributed by atoms with Crippen molar-refractivity contribution >= 4 is 17.8 Å². The van der Waals surface area contributed by atoms with Gasteiger partial charge < -0.3 is 21.1 Å². The van der Waals surface area contributed by atoms with Crippen LogP contribution in [0.4, 0.5) is 0 Å². The molecule has 1 aromatic carbocycles. The van der Waals surface area contributed by atoms with Crippen molar-refractivity contribution in [3.8, 4) is 0 Å². The maximum absolute atomic E-state index is 12.5. The SMILES string of the molecule is CC(N)C(=O)N1CCCC1C(=O)NC(Cc1ccccc1)C(=O)O. The monoisotopic (exact) mass is 333 g/mol. The molecule has 1 aliphatic heterocycles. The predicted octanol–water partition coefficient (Wildman–Crippen LogP) is 0.137. The number of hydrogen-bond acceptors (Lipinski definition) is 4. The molecule has 3 unspecified atom stereocenters. The normalized spacial score (nSPS) is 19.6. The highest BCUT2D eigenvalue weighted by molar-refractivity contribution is 5.92. The summed E-state index contributed by atoms with van der Waals surface area (Å²) in [6, 6.07) is 6.72. The molecular formula is C17H23N3O4. The van der Waals surface area contributed by atoms with E-state index < -0.39 is 30.0 Å². The maximum Gasteiger partial charge on any atom is 0.326 e. The molecule has 2 rings (SSSR count). The molecule has 1 saturated heterocycles. The molecule has 1 aliphatic rings. The Bertz CT molecular complexity index is 603. The Balaban J connectivity index is 2.04. The summed E-state index contributed by atoms with van der Waals surface area (Å²) in [7, 11) is 0. The summed E-state index contributed by atoms with van der Waals surface area (Å²) in [5, 5.41) is 11.9. The van der Waals surface area contributed by atoms with Gasteiger partial charge in [0.1, 0.15) is 12.1 Å². The van der Waals surface area contributed by atoms with Crippen LogP contribution >= 0.6 is 0 Å². The van der Waals surface area contributed by atoms with Crippen LogP contribution in [0.15, 0.2) is 30.3 Å². The van der Waals surface area contributed by atoms with Gasteiger partial charge in [0.2, 0.25) is 11.8 Å². The van der Waals surface area contributed by atoms with Gasteiger partial charge in [-0.15, -0.1) is 0 Å². The maximum atomic E-state index is 12.5. The van der Waals surface area contributed by atoms with Gasteiger partial charge in [-0.3, -0.25) is 9.59 Å². The Kier molecular flexibility index (Phi) is 5.92. The number of rotatable bonds is 6. The topological polar surface area (TPSA) is 113 Å². The number of nitrogens with two attached hydrogens (primary N) is 1. The number of likely N-dealkylation sites (tertiary alicyclic amines) is 1. The first-order valence-corrected chi connectivity index (χ1v) is 8.03. The number of carbonyl (C=O) groups excluding carboxylic acids is 2. The van der Waals surface area contributed by atoms with Gasteiger partial charge in [0.15, 0.2) is 0 Å². The van der Waals surface area contributed by atoms with E-state index >= 15 is 0 Å². The van der Waals surface area contributed by atoms with E-state index in [4.69, 9.17) is 5.73 Å². The van der Waals surface area contributed by atoms with E-state index in [0.717, 1.165) is 5.56 Å². The molecule has 24 heavy (non-hydrogen) atoms. The van der Waals surface area contributed by atoms with E-state index in [1.807, 2.05) is 30.3 Å². The van der Waals surface area contributed by atoms with E-state index in [1.54, 1.807) is 6.92 Å². The number of carbonyl (C=O) groups is 3. The molecule has 2 amide bonds. The van der Waals surface area contributed by atoms with Gasteiger partial charge in [0.25, 0.3) is 0 Å². The number of carboxylic acid groups (broad SMARTS) is 1. The minimum Gasteiger partial charge on any atom is -0.480 e. The van der Waals surface area contributed by atoms with Crippen molar-refractivity contribution in [2.75, 3.05) is 6.54 Å². The van der Waals surface area contributed by atoms with E-state index in [1.165, 1.54) is 4.90 Å². The zero-order valence-corrected chi connectivity index (χ0v) is 13.6. The molecule has 0 bridgehead atoms. The second-order valence-corrected chi connectivity index (χ2v) is 6.07. The van der Waals surface area contributed by atoms with Gasteiger partial charge in [-0.25, -0.2) is 4.79 Å². The van der Waals surface area contributed by atoms with E-state index in [-0.39, 0.29) is 12.3 Å². The van der Waals surface area contributed by atoms with E-state index in [2.05, 4.69) is 5.32 Å². The first-order valence-electron chi connectivity index (χ1n) is 8.03. The smallest absolute Gasteiger partial charge is 0.326 e. The molecule has 7 heteroatoms. The fourth-order valence-corrected chi connectivity index (χ4v) is 2.88. The fraction of sp³-hybridized carbons (Fsp3) is 0.471. The van der Waals surface area contributed by atoms with Crippen molar-refractivity contribution in [1.29, 1.82) is 0 Å². The largest absolute Gasteiger partial charge is 0.480 e. The summed E-state index contributed by atoms with van der Waals surface area (Å²) >= 11 is 0. The minimum absolute atomic E-state index is 0.190. The molecule has 0 spiro atoms. The molecule has 130 valence electrons. The summed E-state index contributed by atoms with van der Waals surface area (Å²) in [6.45, 7) is 2.04. The molecule has 3 atom stereocenters. The molecule has 0 radical (unpaired) electrons. The van der Waals surface area contributed by atoms with Gasteiger partial charge in [-0.05, 0) is 25.3 Å². The summed E-state index contributed by atoms with van der Waals surface area (Å²) < 4.78 is 0. The number of hydrogen-bond donors (Lipinski definition) is 3. The Hall–Kier alpha value is -2.41. The lowest BCUT2D eigenvalue weighted by Gasteiger charge is -2.26. The van der Waals surface area contributed by atoms with Crippen molar-refractivity contribution < 1.29 is 19.5 Å². The van der Waals surface area contributed by atoms with Gasteiger partial charge in [0, 0.05) is 13.0 Å². The van der Waals surface area contributed by atoms with Gasteiger partial charge in [0.05, 0.1) is 6.04 Å². The van der Waals surface area contributed by atoms with Crippen molar-refractivity contribution in [2.45, 2.75) is 44.3 Å². The highest BCUT2D eigenvalue weighted by Crippen LogP contribution is 2.18. The van der Waals surface area contributed by atoms with Crippen molar-refractivity contribution in [3.63, 3.8) is 0 Å². The number of benzene rings is 1.